The number of hydrogen-bond acceptors (Lipinski definition) is 5. The number of nitrogens with zero attached hydrogens (tertiary/aromatic N) is 2. The number of β-amino-alcohol motifs (C(OH)–C–C–N with tert-alkyl or cyclic N) is 1. The molecule has 2 unspecified atom stereocenters. The van der Waals surface area contributed by atoms with Gasteiger partial charge in [0.05, 0.1) is 18.7 Å². The quantitative estimate of drug-likeness (QED) is 0.717. The molecule has 122 valence electrons. The van der Waals surface area contributed by atoms with E-state index in [4.69, 9.17) is 0 Å². The van der Waals surface area contributed by atoms with E-state index < -0.39 is 23.5 Å². The zero-order valence-corrected chi connectivity index (χ0v) is 12.5. The first kappa shape index (κ1) is 14.7. The normalized spacial score (nSPS) is 29.7. The standard InChI is InChI=1S/C16H18FN3O3/c17-12-4-2-1-3-10(12)6-19-14(22)13-5-11(21)7-20(13)16(15(19)23)8-18-9-16/h1-4,11,13,18,21H,5-9H2. The highest BCUT2D eigenvalue weighted by Gasteiger charge is 2.62. The largest absolute Gasteiger partial charge is 0.392 e. The fourth-order valence-electron chi connectivity index (χ4n) is 3.84. The van der Waals surface area contributed by atoms with Gasteiger partial charge in [0.25, 0.3) is 5.91 Å². The van der Waals surface area contributed by atoms with Gasteiger partial charge in [-0.25, -0.2) is 4.39 Å². The molecule has 0 bridgehead atoms. The van der Waals surface area contributed by atoms with Crippen LogP contribution in [0, 0.1) is 5.82 Å². The van der Waals surface area contributed by atoms with Gasteiger partial charge in [0.15, 0.2) is 0 Å². The number of carbonyl (C=O) groups excluding carboxylic acids is 2. The van der Waals surface area contributed by atoms with Crippen LogP contribution in [0.5, 0.6) is 0 Å². The van der Waals surface area contributed by atoms with E-state index in [-0.39, 0.29) is 18.4 Å². The summed E-state index contributed by atoms with van der Waals surface area (Å²) in [5.41, 5.74) is -0.454. The molecule has 0 saturated carbocycles. The lowest BCUT2D eigenvalue weighted by Crippen LogP contribution is -2.80. The molecule has 0 radical (unpaired) electrons. The van der Waals surface area contributed by atoms with Crippen LogP contribution in [-0.2, 0) is 16.1 Å². The van der Waals surface area contributed by atoms with Crippen molar-refractivity contribution in [2.24, 2.45) is 0 Å². The van der Waals surface area contributed by atoms with Crippen LogP contribution in [0.3, 0.4) is 0 Å². The molecule has 0 aromatic heterocycles. The third-order valence-electron chi connectivity index (χ3n) is 5.14. The highest BCUT2D eigenvalue weighted by molar-refractivity contribution is 6.06. The van der Waals surface area contributed by atoms with Crippen molar-refractivity contribution in [3.8, 4) is 0 Å². The molecule has 1 aromatic carbocycles. The Bertz CT molecular complexity index is 676. The summed E-state index contributed by atoms with van der Waals surface area (Å²) in [6, 6.07) is 5.66. The number of fused-ring (bicyclic) bond motifs is 2. The Kier molecular flexibility index (Phi) is 3.26. The molecule has 2 atom stereocenters. The maximum atomic E-state index is 13.9. The van der Waals surface area contributed by atoms with Gasteiger partial charge >= 0.3 is 0 Å². The number of rotatable bonds is 2. The van der Waals surface area contributed by atoms with E-state index in [1.807, 2.05) is 4.90 Å². The van der Waals surface area contributed by atoms with Crippen molar-refractivity contribution in [2.75, 3.05) is 19.6 Å². The Morgan fingerprint density at radius 2 is 2.04 bits per heavy atom. The van der Waals surface area contributed by atoms with Crippen LogP contribution in [0.4, 0.5) is 4.39 Å². The van der Waals surface area contributed by atoms with Gasteiger partial charge in [-0.15, -0.1) is 0 Å². The molecule has 3 heterocycles. The molecule has 0 aliphatic carbocycles. The average Bonchev–Trinajstić information content (AvgIpc) is 2.86. The number of halogens is 1. The van der Waals surface area contributed by atoms with Gasteiger partial charge in [-0.1, -0.05) is 18.2 Å². The van der Waals surface area contributed by atoms with Crippen molar-refractivity contribution in [1.29, 1.82) is 0 Å². The van der Waals surface area contributed by atoms with Crippen LogP contribution < -0.4 is 5.32 Å². The van der Waals surface area contributed by atoms with Crippen molar-refractivity contribution in [2.45, 2.75) is 30.7 Å². The molecule has 23 heavy (non-hydrogen) atoms. The number of aliphatic hydroxyl groups is 1. The molecule has 6 nitrogen and oxygen atoms in total. The molecule has 2 N–H and O–H groups in total. The van der Waals surface area contributed by atoms with Gasteiger partial charge in [0.1, 0.15) is 11.4 Å². The number of nitrogens with one attached hydrogen (secondary N) is 1. The lowest BCUT2D eigenvalue weighted by atomic mass is 9.84. The lowest BCUT2D eigenvalue weighted by molar-refractivity contribution is -0.171. The van der Waals surface area contributed by atoms with Gasteiger partial charge < -0.3 is 10.4 Å². The van der Waals surface area contributed by atoms with E-state index in [9.17, 15) is 19.1 Å². The number of piperazine rings is 1. The van der Waals surface area contributed by atoms with Crippen molar-refractivity contribution in [3.63, 3.8) is 0 Å². The number of benzene rings is 1. The van der Waals surface area contributed by atoms with Crippen LogP contribution >= 0.6 is 0 Å². The predicted octanol–water partition coefficient (Wildman–Crippen LogP) is -0.528. The second-order valence-corrected chi connectivity index (χ2v) is 6.51. The molecule has 1 spiro atoms. The Morgan fingerprint density at radius 1 is 1.30 bits per heavy atom. The lowest BCUT2D eigenvalue weighted by Gasteiger charge is -2.54. The highest BCUT2D eigenvalue weighted by atomic mass is 19.1. The van der Waals surface area contributed by atoms with Gasteiger partial charge in [0.2, 0.25) is 5.91 Å². The van der Waals surface area contributed by atoms with E-state index in [0.717, 1.165) is 0 Å². The summed E-state index contributed by atoms with van der Waals surface area (Å²) in [5, 5.41) is 13.0. The second-order valence-electron chi connectivity index (χ2n) is 6.51. The summed E-state index contributed by atoms with van der Waals surface area (Å²) in [7, 11) is 0. The highest BCUT2D eigenvalue weighted by Crippen LogP contribution is 2.37. The number of hydrogen-bond donors (Lipinski definition) is 2. The molecular weight excluding hydrogens is 301 g/mol. The van der Waals surface area contributed by atoms with Gasteiger partial charge in [-0.3, -0.25) is 19.4 Å². The Balaban J connectivity index is 1.68. The molecule has 3 aliphatic heterocycles. The van der Waals surface area contributed by atoms with Crippen LogP contribution in [0.15, 0.2) is 24.3 Å². The molecule has 2 amide bonds. The van der Waals surface area contributed by atoms with Crippen LogP contribution in [0.25, 0.3) is 0 Å². The van der Waals surface area contributed by atoms with E-state index in [1.165, 1.54) is 11.0 Å². The van der Waals surface area contributed by atoms with Crippen molar-refractivity contribution in [1.82, 2.24) is 15.1 Å². The molecule has 4 rings (SSSR count). The van der Waals surface area contributed by atoms with Crippen LogP contribution in [0.1, 0.15) is 12.0 Å². The molecule has 3 aliphatic rings. The maximum absolute atomic E-state index is 13.9. The second kappa shape index (κ2) is 5.09. The third kappa shape index (κ3) is 2.04. The van der Waals surface area contributed by atoms with Gasteiger partial charge in [-0.2, -0.15) is 0 Å². The minimum atomic E-state index is -0.776. The fourth-order valence-corrected chi connectivity index (χ4v) is 3.84. The number of amides is 2. The zero-order valence-electron chi connectivity index (χ0n) is 12.5. The summed E-state index contributed by atoms with van der Waals surface area (Å²) in [6.07, 6.45) is -0.288. The summed E-state index contributed by atoms with van der Waals surface area (Å²) in [5.74, 6) is -1.06. The topological polar surface area (TPSA) is 72.9 Å². The zero-order chi connectivity index (χ0) is 16.2. The van der Waals surface area contributed by atoms with Gasteiger partial charge in [-0.05, 0) is 12.5 Å². The van der Waals surface area contributed by atoms with Crippen molar-refractivity contribution in [3.05, 3.63) is 35.6 Å². The number of aliphatic hydroxyl groups excluding tert-OH is 1. The number of imide groups is 1. The van der Waals surface area contributed by atoms with E-state index >= 15 is 0 Å². The molecule has 3 saturated heterocycles. The smallest absolute Gasteiger partial charge is 0.252 e. The first-order valence-electron chi connectivity index (χ1n) is 7.78. The summed E-state index contributed by atoms with van der Waals surface area (Å²) in [6.45, 7) is 1.18. The number of carbonyl (C=O) groups is 2. The summed E-state index contributed by atoms with van der Waals surface area (Å²) >= 11 is 0. The third-order valence-corrected chi connectivity index (χ3v) is 5.14. The SMILES string of the molecule is O=C1C2CC(O)CN2C2(CNC2)C(=O)N1Cc1ccccc1F. The monoisotopic (exact) mass is 319 g/mol. The Hall–Kier alpha value is -1.83. The van der Waals surface area contributed by atoms with Crippen molar-refractivity contribution < 1.29 is 19.1 Å². The molecule has 7 heteroatoms. The average molecular weight is 319 g/mol. The molecule has 1 aromatic rings. The maximum Gasteiger partial charge on any atom is 0.252 e. The van der Waals surface area contributed by atoms with Gasteiger partial charge in [0, 0.05) is 25.2 Å². The minimum Gasteiger partial charge on any atom is -0.392 e. The first-order valence-corrected chi connectivity index (χ1v) is 7.78. The minimum absolute atomic E-state index is 0.0630. The summed E-state index contributed by atoms with van der Waals surface area (Å²) < 4.78 is 13.9. The Morgan fingerprint density at radius 3 is 2.70 bits per heavy atom. The first-order chi connectivity index (χ1) is 11.0. The fraction of sp³-hybridized carbons (Fsp3) is 0.500. The van der Waals surface area contributed by atoms with E-state index in [1.54, 1.807) is 18.2 Å². The van der Waals surface area contributed by atoms with Crippen LogP contribution in [0.2, 0.25) is 0 Å². The van der Waals surface area contributed by atoms with Crippen molar-refractivity contribution >= 4 is 11.8 Å². The van der Waals surface area contributed by atoms with Crippen LogP contribution in [-0.4, -0.2) is 64.0 Å². The molecule has 3 fully saturated rings. The Labute approximate surface area is 132 Å². The van der Waals surface area contributed by atoms with E-state index in [0.29, 0.717) is 31.6 Å². The van der Waals surface area contributed by atoms with E-state index in [2.05, 4.69) is 5.32 Å². The molecular formula is C16H18FN3O3. The predicted molar refractivity (Wildman–Crippen MR) is 78.7 cm³/mol. The summed E-state index contributed by atoms with van der Waals surface area (Å²) in [4.78, 5) is 28.6.